The molecule has 0 radical (unpaired) electrons. The molecule has 0 fully saturated rings. The Morgan fingerprint density at radius 1 is 1.42 bits per heavy atom. The quantitative estimate of drug-likeness (QED) is 0.844. The molecular formula is C13H16O6. The van der Waals surface area contributed by atoms with E-state index in [0.717, 1.165) is 0 Å². The third-order valence-electron chi connectivity index (χ3n) is 3.01. The van der Waals surface area contributed by atoms with Crippen molar-refractivity contribution in [2.45, 2.75) is 25.9 Å². The molecule has 6 heteroatoms. The smallest absolute Gasteiger partial charge is 0.339 e. The van der Waals surface area contributed by atoms with Crippen LogP contribution in [0, 0.1) is 0 Å². The number of aromatic carboxylic acids is 1. The standard InChI is InChI=1S/C13H16O6/c1-3-13(2,16)6-17-9-5-11-10(18-7-19-11)4-8(9)12(14)15/h4-5,16H,3,6-7H2,1-2H3,(H,14,15). The molecule has 1 aromatic carbocycles. The predicted octanol–water partition coefficient (Wildman–Crippen LogP) is 1.65. The summed E-state index contributed by atoms with van der Waals surface area (Å²) in [7, 11) is 0. The molecule has 19 heavy (non-hydrogen) atoms. The summed E-state index contributed by atoms with van der Waals surface area (Å²) in [6.07, 6.45) is 0.500. The Morgan fingerprint density at radius 2 is 2.05 bits per heavy atom. The number of hydrogen-bond donors (Lipinski definition) is 2. The third kappa shape index (κ3) is 2.90. The molecule has 1 heterocycles. The number of rotatable bonds is 5. The highest BCUT2D eigenvalue weighted by Crippen LogP contribution is 2.38. The van der Waals surface area contributed by atoms with Gasteiger partial charge >= 0.3 is 5.97 Å². The van der Waals surface area contributed by atoms with Crippen molar-refractivity contribution in [1.82, 2.24) is 0 Å². The number of carboxylic acid groups (broad SMARTS) is 1. The highest BCUT2D eigenvalue weighted by molar-refractivity contribution is 5.92. The van der Waals surface area contributed by atoms with Crippen LogP contribution in [-0.2, 0) is 0 Å². The molecule has 0 amide bonds. The van der Waals surface area contributed by atoms with E-state index in [1.54, 1.807) is 6.92 Å². The SMILES string of the molecule is CCC(C)(O)COc1cc2c(cc1C(=O)O)OCO2. The van der Waals surface area contributed by atoms with Crippen molar-refractivity contribution >= 4 is 5.97 Å². The summed E-state index contributed by atoms with van der Waals surface area (Å²) in [5, 5.41) is 19.0. The number of aliphatic hydroxyl groups is 1. The summed E-state index contributed by atoms with van der Waals surface area (Å²) in [6, 6.07) is 2.83. The fraction of sp³-hybridized carbons (Fsp3) is 0.462. The van der Waals surface area contributed by atoms with Crippen molar-refractivity contribution in [2.75, 3.05) is 13.4 Å². The van der Waals surface area contributed by atoms with E-state index in [9.17, 15) is 9.90 Å². The van der Waals surface area contributed by atoms with E-state index in [-0.39, 0.29) is 24.7 Å². The maximum Gasteiger partial charge on any atom is 0.339 e. The monoisotopic (exact) mass is 268 g/mol. The zero-order chi connectivity index (χ0) is 14.0. The molecule has 1 aromatic rings. The van der Waals surface area contributed by atoms with Gasteiger partial charge < -0.3 is 24.4 Å². The lowest BCUT2D eigenvalue weighted by Gasteiger charge is -2.22. The Balaban J connectivity index is 2.26. The fourth-order valence-corrected chi connectivity index (χ4v) is 1.55. The van der Waals surface area contributed by atoms with E-state index in [2.05, 4.69) is 0 Å². The molecule has 1 unspecified atom stereocenters. The molecule has 1 aliphatic rings. The second kappa shape index (κ2) is 4.97. The maximum atomic E-state index is 11.2. The van der Waals surface area contributed by atoms with E-state index in [1.165, 1.54) is 12.1 Å². The van der Waals surface area contributed by atoms with Crippen LogP contribution in [0.1, 0.15) is 30.6 Å². The Kier molecular flexibility index (Phi) is 3.53. The van der Waals surface area contributed by atoms with E-state index < -0.39 is 11.6 Å². The van der Waals surface area contributed by atoms with Crippen molar-refractivity contribution in [1.29, 1.82) is 0 Å². The lowest BCUT2D eigenvalue weighted by Crippen LogP contribution is -2.31. The highest BCUT2D eigenvalue weighted by Gasteiger charge is 2.24. The van der Waals surface area contributed by atoms with Crippen LogP contribution >= 0.6 is 0 Å². The van der Waals surface area contributed by atoms with Gasteiger partial charge in [0, 0.05) is 12.1 Å². The Bertz CT molecular complexity index is 494. The number of carbonyl (C=O) groups is 1. The van der Waals surface area contributed by atoms with Gasteiger partial charge in [-0.1, -0.05) is 6.92 Å². The van der Waals surface area contributed by atoms with Crippen molar-refractivity contribution in [3.05, 3.63) is 17.7 Å². The van der Waals surface area contributed by atoms with E-state index in [1.807, 2.05) is 6.92 Å². The number of carboxylic acids is 1. The molecule has 1 atom stereocenters. The first-order chi connectivity index (χ1) is 8.93. The van der Waals surface area contributed by atoms with Crippen LogP contribution in [0.25, 0.3) is 0 Å². The van der Waals surface area contributed by atoms with Crippen LogP contribution in [0.15, 0.2) is 12.1 Å². The lowest BCUT2D eigenvalue weighted by atomic mass is 10.1. The molecule has 0 aromatic heterocycles. The first kappa shape index (κ1) is 13.5. The van der Waals surface area contributed by atoms with Gasteiger partial charge in [0.15, 0.2) is 11.5 Å². The molecule has 1 aliphatic heterocycles. The number of benzene rings is 1. The molecular weight excluding hydrogens is 252 g/mol. The van der Waals surface area contributed by atoms with Gasteiger partial charge in [-0.15, -0.1) is 0 Å². The molecule has 2 rings (SSSR count). The summed E-state index contributed by atoms with van der Waals surface area (Å²) >= 11 is 0. The predicted molar refractivity (Wildman–Crippen MR) is 65.9 cm³/mol. The van der Waals surface area contributed by atoms with Gasteiger partial charge in [-0.25, -0.2) is 4.79 Å². The lowest BCUT2D eigenvalue weighted by molar-refractivity contribution is 0.00783. The molecule has 0 saturated carbocycles. The largest absolute Gasteiger partial charge is 0.490 e. The topological polar surface area (TPSA) is 85.2 Å². The van der Waals surface area contributed by atoms with Crippen LogP contribution in [-0.4, -0.2) is 35.2 Å². The molecule has 0 aliphatic carbocycles. The molecule has 0 bridgehead atoms. The Labute approximate surface area is 110 Å². The van der Waals surface area contributed by atoms with Crippen LogP contribution < -0.4 is 14.2 Å². The summed E-state index contributed by atoms with van der Waals surface area (Å²) in [4.78, 5) is 11.2. The number of ether oxygens (including phenoxy) is 3. The minimum Gasteiger partial charge on any atom is -0.490 e. The van der Waals surface area contributed by atoms with E-state index >= 15 is 0 Å². The molecule has 6 nitrogen and oxygen atoms in total. The first-order valence-corrected chi connectivity index (χ1v) is 5.95. The molecule has 0 saturated heterocycles. The number of hydrogen-bond acceptors (Lipinski definition) is 5. The van der Waals surface area contributed by atoms with Crippen molar-refractivity contribution in [3.63, 3.8) is 0 Å². The summed E-state index contributed by atoms with van der Waals surface area (Å²) in [5.74, 6) is -0.141. The van der Waals surface area contributed by atoms with Crippen molar-refractivity contribution < 1.29 is 29.2 Å². The van der Waals surface area contributed by atoms with Gasteiger partial charge in [0.1, 0.15) is 17.9 Å². The minimum absolute atomic E-state index is 0.00340. The molecule has 2 N–H and O–H groups in total. The van der Waals surface area contributed by atoms with Gasteiger partial charge in [0.2, 0.25) is 6.79 Å². The van der Waals surface area contributed by atoms with Gasteiger partial charge in [0.05, 0.1) is 5.60 Å². The van der Waals surface area contributed by atoms with Crippen molar-refractivity contribution in [2.24, 2.45) is 0 Å². The zero-order valence-electron chi connectivity index (χ0n) is 10.8. The summed E-state index contributed by atoms with van der Waals surface area (Å²) < 4.78 is 15.7. The van der Waals surface area contributed by atoms with Crippen LogP contribution in [0.4, 0.5) is 0 Å². The minimum atomic E-state index is -1.12. The molecule has 104 valence electrons. The van der Waals surface area contributed by atoms with E-state index in [4.69, 9.17) is 19.3 Å². The average Bonchev–Trinajstić information content (AvgIpc) is 2.82. The number of fused-ring (bicyclic) bond motifs is 1. The maximum absolute atomic E-state index is 11.2. The second-order valence-corrected chi connectivity index (χ2v) is 4.65. The Morgan fingerprint density at radius 3 is 2.63 bits per heavy atom. The van der Waals surface area contributed by atoms with Crippen LogP contribution in [0.3, 0.4) is 0 Å². The molecule has 0 spiro atoms. The van der Waals surface area contributed by atoms with E-state index in [0.29, 0.717) is 17.9 Å². The first-order valence-electron chi connectivity index (χ1n) is 5.95. The Hall–Kier alpha value is -1.95. The highest BCUT2D eigenvalue weighted by atomic mass is 16.7. The third-order valence-corrected chi connectivity index (χ3v) is 3.01. The van der Waals surface area contributed by atoms with Gasteiger partial charge in [0.25, 0.3) is 0 Å². The van der Waals surface area contributed by atoms with Crippen LogP contribution in [0.5, 0.6) is 17.2 Å². The van der Waals surface area contributed by atoms with Crippen molar-refractivity contribution in [3.8, 4) is 17.2 Å². The summed E-state index contributed by atoms with van der Waals surface area (Å²) in [5.41, 5.74) is -1.03. The van der Waals surface area contributed by atoms with Gasteiger partial charge in [-0.05, 0) is 13.3 Å². The second-order valence-electron chi connectivity index (χ2n) is 4.65. The van der Waals surface area contributed by atoms with Crippen LogP contribution in [0.2, 0.25) is 0 Å². The zero-order valence-corrected chi connectivity index (χ0v) is 10.8. The average molecular weight is 268 g/mol. The van der Waals surface area contributed by atoms with Gasteiger partial charge in [-0.2, -0.15) is 0 Å². The fourth-order valence-electron chi connectivity index (χ4n) is 1.55. The normalized spacial score (nSPS) is 15.9. The summed E-state index contributed by atoms with van der Waals surface area (Å²) in [6.45, 7) is 3.51. The van der Waals surface area contributed by atoms with Gasteiger partial charge in [-0.3, -0.25) is 0 Å².